The molecule has 0 spiro atoms. The molecular weight excluding hydrogens is 350 g/mol. The van der Waals surface area contributed by atoms with E-state index in [0.29, 0.717) is 11.6 Å². The van der Waals surface area contributed by atoms with E-state index in [1.165, 1.54) is 19.5 Å². The molecule has 25 heavy (non-hydrogen) atoms. The summed E-state index contributed by atoms with van der Waals surface area (Å²) >= 11 is 6.06. The lowest BCUT2D eigenvalue weighted by Gasteiger charge is -2.50. The average molecular weight is 372 g/mol. The number of hydrogen-bond donors (Lipinski definition) is 2. The summed E-state index contributed by atoms with van der Waals surface area (Å²) in [6, 6.07) is 0.372. The lowest BCUT2D eigenvalue weighted by Crippen LogP contribution is -2.71. The highest BCUT2D eigenvalue weighted by Crippen LogP contribution is 2.32. The topological polar surface area (TPSA) is 105 Å². The first-order valence-corrected chi connectivity index (χ1v) is 8.36. The number of rotatable bonds is 3. The van der Waals surface area contributed by atoms with Crippen molar-refractivity contribution in [2.45, 2.75) is 50.2 Å². The zero-order valence-electron chi connectivity index (χ0n) is 14.3. The van der Waals surface area contributed by atoms with Crippen LogP contribution in [-0.2, 0) is 18.9 Å². The number of methoxy groups -OCH3 is 1. The monoisotopic (exact) mass is 371 g/mol. The highest BCUT2D eigenvalue weighted by atomic mass is 35.5. The van der Waals surface area contributed by atoms with E-state index in [4.69, 9.17) is 36.3 Å². The number of halogens is 1. The van der Waals surface area contributed by atoms with Crippen molar-refractivity contribution in [1.29, 1.82) is 0 Å². The Morgan fingerprint density at radius 2 is 2.28 bits per heavy atom. The van der Waals surface area contributed by atoms with Gasteiger partial charge in [0, 0.05) is 19.5 Å². The van der Waals surface area contributed by atoms with Crippen molar-refractivity contribution in [2.75, 3.05) is 13.7 Å². The molecule has 3 rings (SSSR count). The van der Waals surface area contributed by atoms with Crippen molar-refractivity contribution in [3.05, 3.63) is 29.0 Å². The summed E-state index contributed by atoms with van der Waals surface area (Å²) in [6.45, 7) is 3.95. The van der Waals surface area contributed by atoms with Crippen LogP contribution in [0.4, 0.5) is 0 Å². The number of carbonyl (C=O) groups excluding carboxylic acids is 1. The number of pyridine rings is 1. The van der Waals surface area contributed by atoms with Crippen LogP contribution in [-0.4, -0.2) is 61.0 Å². The van der Waals surface area contributed by atoms with Crippen molar-refractivity contribution in [1.82, 2.24) is 10.3 Å². The maximum absolute atomic E-state index is 12.6. The lowest BCUT2D eigenvalue weighted by molar-refractivity contribution is -0.351. The van der Waals surface area contributed by atoms with Crippen LogP contribution >= 0.6 is 11.6 Å². The summed E-state index contributed by atoms with van der Waals surface area (Å²) in [5.74, 6) is -1.18. The lowest BCUT2D eigenvalue weighted by atomic mass is 9.93. The van der Waals surface area contributed by atoms with Gasteiger partial charge >= 0.3 is 0 Å². The number of aromatic nitrogens is 1. The molecule has 2 saturated heterocycles. The Kier molecular flexibility index (Phi) is 5.29. The summed E-state index contributed by atoms with van der Waals surface area (Å²) < 4.78 is 22.7. The molecule has 0 unspecified atom stereocenters. The number of hydrogen-bond acceptors (Lipinski definition) is 7. The van der Waals surface area contributed by atoms with Gasteiger partial charge in [0.05, 0.1) is 29.3 Å². The standard InChI is InChI=1S/C16H22ClN3O5/c1-16(2)23-7-10-13(25-16)11(18)12(15(22-3)24-10)20-14(21)8-6-19-5-4-9(8)17/h4-6,10-13,15H,7,18H2,1-3H3,(H,20,21)/t10-,11-,12-,13-,15-/m1/s1. The number of fused-ring (bicyclic) bond motifs is 1. The van der Waals surface area contributed by atoms with Gasteiger partial charge in [-0.2, -0.15) is 0 Å². The molecule has 1 amide bonds. The van der Waals surface area contributed by atoms with Crippen LogP contribution in [0.15, 0.2) is 18.5 Å². The fourth-order valence-corrected chi connectivity index (χ4v) is 3.23. The Bertz CT molecular complexity index is 644. The third-order valence-corrected chi connectivity index (χ3v) is 4.65. The molecule has 1 aromatic heterocycles. The number of amides is 1. The molecule has 0 aromatic carbocycles. The van der Waals surface area contributed by atoms with Crippen molar-refractivity contribution in [3.8, 4) is 0 Å². The first-order chi connectivity index (χ1) is 11.8. The molecule has 0 aliphatic carbocycles. The van der Waals surface area contributed by atoms with Gasteiger partial charge in [-0.25, -0.2) is 0 Å². The highest BCUT2D eigenvalue weighted by Gasteiger charge is 2.50. The minimum Gasteiger partial charge on any atom is -0.354 e. The second-order valence-electron chi connectivity index (χ2n) is 6.50. The number of nitrogens with zero attached hydrogens (tertiary/aromatic N) is 1. The van der Waals surface area contributed by atoms with Gasteiger partial charge in [-0.05, 0) is 19.9 Å². The first kappa shape index (κ1) is 18.5. The predicted molar refractivity (Wildman–Crippen MR) is 89.1 cm³/mol. The van der Waals surface area contributed by atoms with E-state index in [-0.39, 0.29) is 11.7 Å². The number of nitrogens with one attached hydrogen (secondary N) is 1. The molecule has 2 fully saturated rings. The third kappa shape index (κ3) is 3.79. The van der Waals surface area contributed by atoms with Gasteiger partial charge in [0.15, 0.2) is 12.1 Å². The van der Waals surface area contributed by atoms with Gasteiger partial charge in [-0.15, -0.1) is 0 Å². The molecule has 2 aliphatic rings. The molecule has 5 atom stereocenters. The van der Waals surface area contributed by atoms with E-state index in [0.717, 1.165) is 0 Å². The first-order valence-electron chi connectivity index (χ1n) is 7.98. The fourth-order valence-electron chi connectivity index (χ4n) is 3.04. The van der Waals surface area contributed by atoms with Crippen LogP contribution in [0, 0.1) is 0 Å². The maximum Gasteiger partial charge on any atom is 0.254 e. The zero-order valence-corrected chi connectivity index (χ0v) is 15.0. The Morgan fingerprint density at radius 1 is 1.52 bits per heavy atom. The van der Waals surface area contributed by atoms with Crippen molar-refractivity contribution < 1.29 is 23.7 Å². The van der Waals surface area contributed by atoms with Crippen molar-refractivity contribution >= 4 is 17.5 Å². The Morgan fingerprint density at radius 3 is 2.96 bits per heavy atom. The van der Waals surface area contributed by atoms with Crippen LogP contribution in [0.2, 0.25) is 5.02 Å². The minimum atomic E-state index is -0.775. The average Bonchev–Trinajstić information content (AvgIpc) is 2.57. The molecular formula is C16H22ClN3O5. The molecule has 0 saturated carbocycles. The summed E-state index contributed by atoms with van der Waals surface area (Å²) in [7, 11) is 1.49. The van der Waals surface area contributed by atoms with Crippen LogP contribution in [0.1, 0.15) is 24.2 Å². The van der Waals surface area contributed by atoms with E-state index < -0.39 is 36.2 Å². The van der Waals surface area contributed by atoms with Crippen molar-refractivity contribution in [2.24, 2.45) is 5.73 Å². The minimum absolute atomic E-state index is 0.251. The zero-order chi connectivity index (χ0) is 18.2. The molecule has 2 aliphatic heterocycles. The number of nitrogens with two attached hydrogens (primary N) is 1. The maximum atomic E-state index is 12.6. The molecule has 138 valence electrons. The Labute approximate surface area is 150 Å². The Hall–Kier alpha value is -1.29. The van der Waals surface area contributed by atoms with E-state index in [1.807, 2.05) is 0 Å². The van der Waals surface area contributed by atoms with Crippen molar-refractivity contribution in [3.63, 3.8) is 0 Å². The van der Waals surface area contributed by atoms with Crippen LogP contribution in [0.3, 0.4) is 0 Å². The quantitative estimate of drug-likeness (QED) is 0.805. The van der Waals surface area contributed by atoms with Gasteiger partial charge < -0.3 is 30.0 Å². The van der Waals surface area contributed by atoms with E-state index >= 15 is 0 Å². The highest BCUT2D eigenvalue weighted by molar-refractivity contribution is 6.33. The normalized spacial score (nSPS) is 34.2. The summed E-state index contributed by atoms with van der Waals surface area (Å²) in [5, 5.41) is 3.13. The van der Waals surface area contributed by atoms with Crippen LogP contribution in [0.25, 0.3) is 0 Å². The molecule has 1 aromatic rings. The second kappa shape index (κ2) is 7.14. The molecule has 0 radical (unpaired) electrons. The third-order valence-electron chi connectivity index (χ3n) is 4.32. The van der Waals surface area contributed by atoms with Gasteiger partial charge in [-0.1, -0.05) is 11.6 Å². The van der Waals surface area contributed by atoms with Gasteiger partial charge in [-0.3, -0.25) is 9.78 Å². The molecule has 3 heterocycles. The van der Waals surface area contributed by atoms with E-state index in [1.54, 1.807) is 19.9 Å². The van der Waals surface area contributed by atoms with E-state index in [9.17, 15) is 4.79 Å². The second-order valence-corrected chi connectivity index (χ2v) is 6.91. The predicted octanol–water partition coefficient (Wildman–Crippen LogP) is 0.684. The van der Waals surface area contributed by atoms with Gasteiger partial charge in [0.25, 0.3) is 5.91 Å². The largest absolute Gasteiger partial charge is 0.354 e. The van der Waals surface area contributed by atoms with Gasteiger partial charge in [0.1, 0.15) is 12.2 Å². The van der Waals surface area contributed by atoms with E-state index in [2.05, 4.69) is 10.3 Å². The van der Waals surface area contributed by atoms with Gasteiger partial charge in [0.2, 0.25) is 0 Å². The smallest absolute Gasteiger partial charge is 0.254 e. The Balaban J connectivity index is 1.79. The van der Waals surface area contributed by atoms with Crippen LogP contribution < -0.4 is 11.1 Å². The number of ether oxygens (including phenoxy) is 4. The molecule has 8 nitrogen and oxygen atoms in total. The van der Waals surface area contributed by atoms with Crippen LogP contribution in [0.5, 0.6) is 0 Å². The number of carbonyl (C=O) groups is 1. The fraction of sp³-hybridized carbons (Fsp3) is 0.625. The summed E-state index contributed by atoms with van der Waals surface area (Å²) in [6.07, 6.45) is 1.36. The molecule has 3 N–H and O–H groups in total. The summed E-state index contributed by atoms with van der Waals surface area (Å²) in [4.78, 5) is 16.5. The SMILES string of the molecule is CO[C@@H]1O[C@@H]2COC(C)(C)O[C@H]2[C@H](N)[C@H]1NC(=O)c1cnccc1Cl. The molecule has 9 heteroatoms. The summed E-state index contributed by atoms with van der Waals surface area (Å²) in [5.41, 5.74) is 6.63. The molecule has 0 bridgehead atoms.